The molecule has 4 rings (SSSR count). The van der Waals surface area contributed by atoms with E-state index in [-0.39, 0.29) is 18.1 Å². The predicted molar refractivity (Wildman–Crippen MR) is 126 cm³/mol. The van der Waals surface area contributed by atoms with Gasteiger partial charge in [-0.1, -0.05) is 18.6 Å². The van der Waals surface area contributed by atoms with E-state index in [4.69, 9.17) is 9.47 Å². The minimum Gasteiger partial charge on any atom is -0.497 e. The van der Waals surface area contributed by atoms with Crippen molar-refractivity contribution in [2.45, 2.75) is 45.6 Å². The number of hydrogen-bond donors (Lipinski definition) is 1. The van der Waals surface area contributed by atoms with Crippen LogP contribution in [0, 0.1) is 6.92 Å². The van der Waals surface area contributed by atoms with Gasteiger partial charge >= 0.3 is 5.97 Å². The summed E-state index contributed by atoms with van der Waals surface area (Å²) in [4.78, 5) is 43.3. The lowest BCUT2D eigenvalue weighted by molar-refractivity contribution is -0.124. The van der Waals surface area contributed by atoms with Crippen molar-refractivity contribution in [3.05, 3.63) is 56.4 Å². The van der Waals surface area contributed by atoms with Gasteiger partial charge in [0.1, 0.15) is 21.3 Å². The summed E-state index contributed by atoms with van der Waals surface area (Å²) in [6, 6.07) is 7.60. The summed E-state index contributed by atoms with van der Waals surface area (Å²) < 4.78 is 12.1. The molecule has 0 bridgehead atoms. The summed E-state index contributed by atoms with van der Waals surface area (Å²) in [6.07, 6.45) is 4.45. The number of rotatable bonds is 7. The second-order valence-corrected chi connectivity index (χ2v) is 9.06. The fraction of sp³-hybridized carbons (Fsp3) is 0.417. The standard InChI is InChI=1S/C24H27N3O5S/c1-15-20-22(26-18-6-4-3-5-13-27(18)23(20)29)33-21(15)24(30)32-14-19(28)25-12-11-16-7-9-17(31-2)10-8-16/h7-10H,3-6,11-14H2,1-2H3,(H,25,28). The molecule has 8 nitrogen and oxygen atoms in total. The number of thiophene rings is 1. The largest absolute Gasteiger partial charge is 0.497 e. The number of nitrogens with zero attached hydrogens (tertiary/aromatic N) is 2. The molecule has 0 atom stereocenters. The number of amides is 1. The van der Waals surface area contributed by atoms with Crippen LogP contribution in [0.1, 0.15) is 45.9 Å². The average molecular weight is 470 g/mol. The van der Waals surface area contributed by atoms with Crippen molar-refractivity contribution in [1.82, 2.24) is 14.9 Å². The Hall–Kier alpha value is -3.20. The summed E-state index contributed by atoms with van der Waals surface area (Å²) in [6.45, 7) is 2.44. The van der Waals surface area contributed by atoms with E-state index in [1.54, 1.807) is 18.6 Å². The van der Waals surface area contributed by atoms with Crippen LogP contribution in [-0.4, -0.2) is 41.7 Å². The molecule has 1 amide bonds. The predicted octanol–water partition coefficient (Wildman–Crippen LogP) is 3.02. The molecule has 0 aliphatic carbocycles. The highest BCUT2D eigenvalue weighted by Crippen LogP contribution is 2.29. The van der Waals surface area contributed by atoms with E-state index >= 15 is 0 Å². The smallest absolute Gasteiger partial charge is 0.349 e. The Labute approximate surface area is 195 Å². The van der Waals surface area contributed by atoms with Crippen LogP contribution >= 0.6 is 11.3 Å². The number of fused-ring (bicyclic) bond motifs is 2. The van der Waals surface area contributed by atoms with Crippen LogP contribution in [0.4, 0.5) is 0 Å². The topological polar surface area (TPSA) is 99.5 Å². The maximum Gasteiger partial charge on any atom is 0.349 e. The summed E-state index contributed by atoms with van der Waals surface area (Å²) in [5.41, 5.74) is 1.53. The van der Waals surface area contributed by atoms with Crippen LogP contribution in [0.3, 0.4) is 0 Å². The van der Waals surface area contributed by atoms with Gasteiger partial charge in [0.05, 0.1) is 12.5 Å². The lowest BCUT2D eigenvalue weighted by Gasteiger charge is -2.08. The Morgan fingerprint density at radius 3 is 2.73 bits per heavy atom. The molecule has 0 fully saturated rings. The monoisotopic (exact) mass is 469 g/mol. The number of methoxy groups -OCH3 is 1. The molecule has 174 valence electrons. The summed E-state index contributed by atoms with van der Waals surface area (Å²) in [5, 5.41) is 3.22. The summed E-state index contributed by atoms with van der Waals surface area (Å²) in [7, 11) is 1.61. The first-order chi connectivity index (χ1) is 16.0. The molecule has 2 aromatic heterocycles. The van der Waals surface area contributed by atoms with Crippen LogP contribution < -0.4 is 15.6 Å². The molecule has 0 radical (unpaired) electrons. The van der Waals surface area contributed by atoms with Crippen molar-refractivity contribution in [1.29, 1.82) is 0 Å². The Kier molecular flexibility index (Phi) is 7.08. The van der Waals surface area contributed by atoms with Gasteiger partial charge in [0, 0.05) is 19.5 Å². The lowest BCUT2D eigenvalue weighted by Crippen LogP contribution is -2.30. The fourth-order valence-corrected chi connectivity index (χ4v) is 5.07. The van der Waals surface area contributed by atoms with Crippen LogP contribution in [-0.2, 0) is 28.9 Å². The Bertz CT molecular complexity index is 1230. The molecule has 33 heavy (non-hydrogen) atoms. The number of carbonyl (C=O) groups is 2. The quantitative estimate of drug-likeness (QED) is 0.534. The van der Waals surface area contributed by atoms with Gasteiger partial charge in [0.25, 0.3) is 11.5 Å². The summed E-state index contributed by atoms with van der Waals surface area (Å²) >= 11 is 1.15. The van der Waals surface area contributed by atoms with Crippen LogP contribution in [0.5, 0.6) is 5.75 Å². The second-order valence-electron chi connectivity index (χ2n) is 8.06. The normalized spacial score (nSPS) is 13.3. The molecule has 1 N–H and O–H groups in total. The van der Waals surface area contributed by atoms with Crippen LogP contribution in [0.2, 0.25) is 0 Å². The van der Waals surface area contributed by atoms with Crippen molar-refractivity contribution >= 4 is 33.4 Å². The van der Waals surface area contributed by atoms with Gasteiger partial charge in [-0.25, -0.2) is 9.78 Å². The van der Waals surface area contributed by atoms with E-state index < -0.39 is 5.97 Å². The number of aromatic nitrogens is 2. The van der Waals surface area contributed by atoms with Crippen molar-refractivity contribution in [3.8, 4) is 5.75 Å². The average Bonchev–Trinajstić information content (AvgIpc) is 2.98. The molecule has 3 heterocycles. The zero-order chi connectivity index (χ0) is 23.4. The van der Waals surface area contributed by atoms with E-state index in [2.05, 4.69) is 10.3 Å². The first-order valence-corrected chi connectivity index (χ1v) is 11.9. The number of ether oxygens (including phenoxy) is 2. The Morgan fingerprint density at radius 1 is 1.18 bits per heavy atom. The molecule has 0 saturated carbocycles. The van der Waals surface area contributed by atoms with Gasteiger partial charge < -0.3 is 14.8 Å². The Morgan fingerprint density at radius 2 is 1.97 bits per heavy atom. The van der Waals surface area contributed by atoms with Gasteiger partial charge in [0.15, 0.2) is 6.61 Å². The van der Waals surface area contributed by atoms with Crippen molar-refractivity contribution in [2.75, 3.05) is 20.3 Å². The van der Waals surface area contributed by atoms with Gasteiger partial charge in [-0.05, 0) is 49.4 Å². The zero-order valence-corrected chi connectivity index (χ0v) is 19.6. The number of hydrogen-bond acceptors (Lipinski definition) is 7. The first kappa shape index (κ1) is 23.0. The highest BCUT2D eigenvalue weighted by Gasteiger charge is 2.23. The lowest BCUT2D eigenvalue weighted by atomic mass is 10.1. The third-order valence-electron chi connectivity index (χ3n) is 5.83. The second kappa shape index (κ2) is 10.2. The first-order valence-electron chi connectivity index (χ1n) is 11.1. The van der Waals surface area contributed by atoms with Crippen LogP contribution in [0.25, 0.3) is 10.2 Å². The number of carbonyl (C=O) groups excluding carboxylic acids is 2. The molecule has 0 saturated heterocycles. The van der Waals surface area contributed by atoms with Gasteiger partial charge in [-0.3, -0.25) is 14.2 Å². The van der Waals surface area contributed by atoms with Gasteiger partial charge in [-0.2, -0.15) is 0 Å². The van der Waals surface area contributed by atoms with E-state index in [9.17, 15) is 14.4 Å². The van der Waals surface area contributed by atoms with E-state index in [1.165, 1.54) is 0 Å². The number of benzene rings is 1. The van der Waals surface area contributed by atoms with E-state index in [0.29, 0.717) is 40.2 Å². The van der Waals surface area contributed by atoms with Gasteiger partial charge in [0.2, 0.25) is 0 Å². The molecule has 1 aromatic carbocycles. The van der Waals surface area contributed by atoms with E-state index in [1.807, 2.05) is 24.3 Å². The molecule has 0 spiro atoms. The number of nitrogens with one attached hydrogen (secondary N) is 1. The van der Waals surface area contributed by atoms with Crippen molar-refractivity contribution < 1.29 is 19.1 Å². The molecule has 1 aliphatic heterocycles. The maximum atomic E-state index is 13.0. The maximum absolute atomic E-state index is 13.0. The number of aryl methyl sites for hydroxylation is 2. The molecule has 9 heteroatoms. The van der Waals surface area contributed by atoms with Crippen molar-refractivity contribution in [3.63, 3.8) is 0 Å². The highest BCUT2D eigenvalue weighted by molar-refractivity contribution is 7.20. The summed E-state index contributed by atoms with van der Waals surface area (Å²) in [5.74, 6) is 0.572. The highest BCUT2D eigenvalue weighted by atomic mass is 32.1. The molecule has 3 aromatic rings. The third-order valence-corrected chi connectivity index (χ3v) is 6.99. The van der Waals surface area contributed by atoms with Crippen LogP contribution in [0.15, 0.2) is 29.1 Å². The molecular formula is C24H27N3O5S. The Balaban J connectivity index is 1.36. The SMILES string of the molecule is COc1ccc(CCNC(=O)COC(=O)c2sc3nc4n(c(=O)c3c2C)CCCCC4)cc1. The molecular weight excluding hydrogens is 442 g/mol. The third kappa shape index (κ3) is 5.08. The number of esters is 1. The minimum absolute atomic E-state index is 0.0963. The minimum atomic E-state index is -0.611. The van der Waals surface area contributed by atoms with E-state index in [0.717, 1.165) is 54.2 Å². The fourth-order valence-electron chi connectivity index (χ4n) is 3.99. The van der Waals surface area contributed by atoms with Gasteiger partial charge in [-0.15, -0.1) is 11.3 Å². The zero-order valence-electron chi connectivity index (χ0n) is 18.8. The molecule has 1 aliphatic rings. The van der Waals surface area contributed by atoms with Crippen molar-refractivity contribution in [2.24, 2.45) is 0 Å². The molecule has 0 unspecified atom stereocenters.